The molecule has 0 aliphatic carbocycles. The molecule has 0 amide bonds. The van der Waals surface area contributed by atoms with E-state index in [0.717, 1.165) is 30.1 Å². The van der Waals surface area contributed by atoms with E-state index in [-0.39, 0.29) is 6.04 Å². The van der Waals surface area contributed by atoms with Gasteiger partial charge in [0.2, 0.25) is 0 Å². The number of ether oxygens (including phenoxy) is 1. The van der Waals surface area contributed by atoms with Crippen LogP contribution >= 0.6 is 0 Å². The highest BCUT2D eigenvalue weighted by Crippen LogP contribution is 2.25. The van der Waals surface area contributed by atoms with Crippen molar-refractivity contribution >= 4 is 5.57 Å². The maximum Gasteiger partial charge on any atom is 0.164 e. The zero-order valence-electron chi connectivity index (χ0n) is 9.03. The van der Waals surface area contributed by atoms with E-state index >= 15 is 0 Å². The van der Waals surface area contributed by atoms with Crippen molar-refractivity contribution in [2.24, 2.45) is 12.8 Å². The molecule has 2 rings (SSSR count). The summed E-state index contributed by atoms with van der Waals surface area (Å²) in [5.41, 5.74) is 8.01. The lowest BCUT2D eigenvalue weighted by Gasteiger charge is -2.19. The molecule has 0 saturated heterocycles. The number of methoxy groups -OCH3 is 1. The van der Waals surface area contributed by atoms with Gasteiger partial charge in [0.25, 0.3) is 0 Å². The Bertz CT molecular complexity index is 383. The van der Waals surface area contributed by atoms with E-state index in [4.69, 9.17) is 10.5 Å². The molecule has 1 unspecified atom stereocenters. The summed E-state index contributed by atoms with van der Waals surface area (Å²) >= 11 is 0. The highest BCUT2D eigenvalue weighted by atomic mass is 16.5. The molecule has 5 nitrogen and oxygen atoms in total. The Balaban J connectivity index is 2.39. The molecule has 15 heavy (non-hydrogen) atoms. The molecule has 5 heteroatoms. The molecular weight excluding hydrogens is 192 g/mol. The van der Waals surface area contributed by atoms with Crippen LogP contribution in [0.15, 0.2) is 12.3 Å². The van der Waals surface area contributed by atoms with Crippen LogP contribution in [0.2, 0.25) is 0 Å². The average Bonchev–Trinajstić information content (AvgIpc) is 2.59. The fraction of sp³-hybridized carbons (Fsp3) is 0.500. The molecule has 0 aromatic carbocycles. The normalized spacial score (nSPS) is 21.3. The molecule has 0 radical (unpaired) electrons. The zero-order valence-corrected chi connectivity index (χ0v) is 9.03. The molecule has 1 aromatic heterocycles. The second-order valence-electron chi connectivity index (χ2n) is 3.67. The van der Waals surface area contributed by atoms with Crippen LogP contribution < -0.4 is 15.8 Å². The van der Waals surface area contributed by atoms with Gasteiger partial charge in [0.15, 0.2) is 5.75 Å². The van der Waals surface area contributed by atoms with E-state index in [9.17, 15) is 0 Å². The molecule has 82 valence electrons. The topological polar surface area (TPSA) is 65.1 Å². The minimum Gasteiger partial charge on any atom is -0.493 e. The summed E-state index contributed by atoms with van der Waals surface area (Å²) in [5.74, 6) is 0.791. The van der Waals surface area contributed by atoms with Crippen LogP contribution in [0.3, 0.4) is 0 Å². The zero-order chi connectivity index (χ0) is 10.8. The molecular formula is C10H16N4O. The maximum atomic E-state index is 5.86. The van der Waals surface area contributed by atoms with Crippen LogP contribution in [-0.2, 0) is 7.05 Å². The molecule has 0 fully saturated rings. The van der Waals surface area contributed by atoms with Gasteiger partial charge in [-0.3, -0.25) is 4.68 Å². The van der Waals surface area contributed by atoms with E-state index in [1.807, 2.05) is 11.7 Å². The Morgan fingerprint density at radius 1 is 1.67 bits per heavy atom. The van der Waals surface area contributed by atoms with E-state index in [1.165, 1.54) is 0 Å². The van der Waals surface area contributed by atoms with Gasteiger partial charge in [-0.2, -0.15) is 5.10 Å². The van der Waals surface area contributed by atoms with Gasteiger partial charge in [-0.15, -0.1) is 0 Å². The van der Waals surface area contributed by atoms with Gasteiger partial charge in [0, 0.05) is 26.2 Å². The standard InChI is InChI=1S/C10H16N4O/c1-14-10(9(15-2)6-13-14)7-3-8(11)5-12-4-7/h3,6,8,12H,4-5,11H2,1-2H3. The van der Waals surface area contributed by atoms with Gasteiger partial charge in [0.05, 0.1) is 13.3 Å². The van der Waals surface area contributed by atoms with E-state index in [0.29, 0.717) is 0 Å². The Morgan fingerprint density at radius 3 is 3.13 bits per heavy atom. The van der Waals surface area contributed by atoms with Gasteiger partial charge in [-0.05, 0) is 5.57 Å². The number of hydrogen-bond acceptors (Lipinski definition) is 4. The van der Waals surface area contributed by atoms with Crippen LogP contribution in [0.1, 0.15) is 5.69 Å². The lowest BCUT2D eigenvalue weighted by Crippen LogP contribution is -2.37. The van der Waals surface area contributed by atoms with E-state index in [2.05, 4.69) is 16.5 Å². The van der Waals surface area contributed by atoms with Crippen LogP contribution in [0.4, 0.5) is 0 Å². The van der Waals surface area contributed by atoms with Crippen molar-refractivity contribution in [2.75, 3.05) is 20.2 Å². The number of nitrogens with two attached hydrogens (primary N) is 1. The summed E-state index contributed by atoms with van der Waals surface area (Å²) in [6, 6.07) is 0.0633. The number of nitrogens with one attached hydrogen (secondary N) is 1. The molecule has 0 bridgehead atoms. The predicted molar refractivity (Wildman–Crippen MR) is 58.6 cm³/mol. The summed E-state index contributed by atoms with van der Waals surface area (Å²) in [6.45, 7) is 1.63. The van der Waals surface area contributed by atoms with Crippen LogP contribution in [0, 0.1) is 0 Å². The van der Waals surface area contributed by atoms with Gasteiger partial charge >= 0.3 is 0 Å². The van der Waals surface area contributed by atoms with Crippen molar-refractivity contribution in [1.29, 1.82) is 0 Å². The third-order valence-corrected chi connectivity index (χ3v) is 2.54. The first kappa shape index (κ1) is 10.2. The first-order valence-corrected chi connectivity index (χ1v) is 4.95. The number of aromatic nitrogens is 2. The summed E-state index contributed by atoms with van der Waals surface area (Å²) in [6.07, 6.45) is 3.78. The number of hydrogen-bond donors (Lipinski definition) is 2. The number of rotatable bonds is 2. The first-order chi connectivity index (χ1) is 7.22. The molecule has 2 heterocycles. The summed E-state index contributed by atoms with van der Waals surface area (Å²) in [5, 5.41) is 7.43. The minimum atomic E-state index is 0.0633. The molecule has 3 N–H and O–H groups in total. The van der Waals surface area contributed by atoms with E-state index < -0.39 is 0 Å². The third-order valence-electron chi connectivity index (χ3n) is 2.54. The Kier molecular flexibility index (Phi) is 2.75. The monoisotopic (exact) mass is 208 g/mol. The Hall–Kier alpha value is -1.33. The Morgan fingerprint density at radius 2 is 2.47 bits per heavy atom. The fourth-order valence-electron chi connectivity index (χ4n) is 1.85. The van der Waals surface area contributed by atoms with Crippen molar-refractivity contribution in [3.8, 4) is 5.75 Å². The third kappa shape index (κ3) is 1.88. The molecule has 0 spiro atoms. The SMILES string of the molecule is COc1cnn(C)c1C1=CC(N)CNC1. The van der Waals surface area contributed by atoms with Crippen LogP contribution in [0.25, 0.3) is 5.57 Å². The smallest absolute Gasteiger partial charge is 0.164 e. The number of aryl methyl sites for hydroxylation is 1. The second-order valence-corrected chi connectivity index (χ2v) is 3.67. The van der Waals surface area contributed by atoms with Crippen molar-refractivity contribution in [1.82, 2.24) is 15.1 Å². The second kappa shape index (κ2) is 4.04. The Labute approximate surface area is 88.9 Å². The average molecular weight is 208 g/mol. The molecule has 1 aliphatic heterocycles. The highest BCUT2D eigenvalue weighted by Gasteiger charge is 2.17. The highest BCUT2D eigenvalue weighted by molar-refractivity contribution is 5.70. The van der Waals surface area contributed by atoms with Crippen LogP contribution in [-0.4, -0.2) is 36.0 Å². The number of nitrogens with zero attached hydrogens (tertiary/aromatic N) is 2. The quantitative estimate of drug-likeness (QED) is 0.703. The van der Waals surface area contributed by atoms with Gasteiger partial charge in [-0.25, -0.2) is 0 Å². The van der Waals surface area contributed by atoms with Crippen molar-refractivity contribution in [3.63, 3.8) is 0 Å². The van der Waals surface area contributed by atoms with Crippen molar-refractivity contribution < 1.29 is 4.74 Å². The lowest BCUT2D eigenvalue weighted by molar-refractivity contribution is 0.412. The summed E-state index contributed by atoms with van der Waals surface area (Å²) in [4.78, 5) is 0. The first-order valence-electron chi connectivity index (χ1n) is 4.95. The molecule has 1 aliphatic rings. The molecule has 1 aromatic rings. The summed E-state index contributed by atoms with van der Waals surface area (Å²) in [7, 11) is 3.55. The van der Waals surface area contributed by atoms with Crippen molar-refractivity contribution in [2.45, 2.75) is 6.04 Å². The predicted octanol–water partition coefficient (Wildman–Crippen LogP) is -0.257. The minimum absolute atomic E-state index is 0.0633. The van der Waals surface area contributed by atoms with E-state index in [1.54, 1.807) is 13.3 Å². The van der Waals surface area contributed by atoms with Crippen LogP contribution in [0.5, 0.6) is 5.75 Å². The van der Waals surface area contributed by atoms with Gasteiger partial charge < -0.3 is 15.8 Å². The largest absolute Gasteiger partial charge is 0.493 e. The molecule has 0 saturated carbocycles. The van der Waals surface area contributed by atoms with Gasteiger partial charge in [-0.1, -0.05) is 6.08 Å². The van der Waals surface area contributed by atoms with Gasteiger partial charge in [0.1, 0.15) is 5.69 Å². The molecule has 1 atom stereocenters. The fourth-order valence-corrected chi connectivity index (χ4v) is 1.85. The summed E-state index contributed by atoms with van der Waals surface area (Å²) < 4.78 is 7.07. The maximum absolute atomic E-state index is 5.86. The van der Waals surface area contributed by atoms with Crippen molar-refractivity contribution in [3.05, 3.63) is 18.0 Å². The lowest BCUT2D eigenvalue weighted by atomic mass is 10.1.